The summed E-state index contributed by atoms with van der Waals surface area (Å²) in [5, 5.41) is 5.32. The maximum absolute atomic E-state index is 12.3. The fourth-order valence-corrected chi connectivity index (χ4v) is 3.14. The molecule has 7 heteroatoms. The quantitative estimate of drug-likeness (QED) is 0.364. The first-order chi connectivity index (χ1) is 8.48. The van der Waals surface area contributed by atoms with Crippen LogP contribution < -0.4 is 40.2 Å². The van der Waals surface area contributed by atoms with E-state index in [9.17, 15) is 9.59 Å². The molecule has 0 bridgehead atoms. The van der Waals surface area contributed by atoms with E-state index in [0.717, 1.165) is 18.6 Å². The molecule has 1 rings (SSSR count). The van der Waals surface area contributed by atoms with Gasteiger partial charge in [0.1, 0.15) is 5.41 Å². The zero-order valence-electron chi connectivity index (χ0n) is 12.0. The molecular weight excluding hydrogens is 291 g/mol. The second kappa shape index (κ2) is 8.62. The third-order valence-corrected chi connectivity index (χ3v) is 4.34. The van der Waals surface area contributed by atoms with Crippen LogP contribution in [-0.4, -0.2) is 28.9 Å². The van der Waals surface area contributed by atoms with Gasteiger partial charge in [0, 0.05) is 0 Å². The first-order valence-corrected chi connectivity index (χ1v) is 7.95. The van der Waals surface area contributed by atoms with Gasteiger partial charge in [-0.25, -0.2) is 0 Å². The van der Waals surface area contributed by atoms with Gasteiger partial charge < -0.3 is 10.6 Å². The largest absolute Gasteiger partial charge is 1.00 e. The molecule has 1 heterocycles. The average Bonchev–Trinajstić information content (AvgIpc) is 2.28. The van der Waals surface area contributed by atoms with Gasteiger partial charge in [0.05, 0.1) is 0 Å². The number of carbonyl (C=O) groups excluding carboxylic acids is 2. The molecule has 0 spiro atoms. The summed E-state index contributed by atoms with van der Waals surface area (Å²) in [6, 6.07) is 0. The summed E-state index contributed by atoms with van der Waals surface area (Å²) in [6.07, 6.45) is 4.33. The van der Waals surface area contributed by atoms with Crippen molar-refractivity contribution in [1.82, 2.24) is 10.6 Å². The molecule has 1 aliphatic rings. The Balaban J connectivity index is 0.00000324. The van der Waals surface area contributed by atoms with Crippen LogP contribution in [0.5, 0.6) is 0 Å². The smallest absolute Gasteiger partial charge is 0.302 e. The predicted octanol–water partition coefficient (Wildman–Crippen LogP) is -1.30. The van der Waals surface area contributed by atoms with Crippen LogP contribution >= 0.6 is 24.0 Å². The van der Waals surface area contributed by atoms with Crippen LogP contribution in [0.25, 0.3) is 0 Å². The summed E-state index contributed by atoms with van der Waals surface area (Å²) in [7, 11) is 0. The first kappa shape index (κ1) is 19.4. The van der Waals surface area contributed by atoms with E-state index in [4.69, 9.17) is 12.2 Å². The third kappa shape index (κ3) is 4.17. The molecule has 0 aromatic carbocycles. The maximum atomic E-state index is 12.3. The molecule has 0 radical (unpaired) electrons. The molecule has 1 aliphatic heterocycles. The van der Waals surface area contributed by atoms with Gasteiger partial charge in [0.15, 0.2) is 5.11 Å². The molecule has 0 aromatic rings. The number of hydrogen-bond donors (Lipinski definition) is 2. The molecule has 1 atom stereocenters. The van der Waals surface area contributed by atoms with Gasteiger partial charge in [-0.3, -0.25) is 9.59 Å². The van der Waals surface area contributed by atoms with Crippen LogP contribution in [0.3, 0.4) is 0 Å². The molecule has 4 nitrogen and oxygen atoms in total. The van der Waals surface area contributed by atoms with Gasteiger partial charge in [0.25, 0.3) is 0 Å². The fraction of sp³-hybridized carbons (Fsp3) is 0.750. The second-order valence-corrected chi connectivity index (χ2v) is 6.04. The summed E-state index contributed by atoms with van der Waals surface area (Å²) in [6.45, 7) is 4.03. The van der Waals surface area contributed by atoms with Gasteiger partial charge >= 0.3 is 29.6 Å². The van der Waals surface area contributed by atoms with Crippen molar-refractivity contribution < 1.29 is 39.1 Å². The molecule has 1 fully saturated rings. The van der Waals surface area contributed by atoms with E-state index in [1.54, 1.807) is 11.8 Å². The minimum Gasteiger partial charge on any atom is -0.302 e. The van der Waals surface area contributed by atoms with Crippen molar-refractivity contribution in [2.45, 2.75) is 33.1 Å². The van der Waals surface area contributed by atoms with Crippen molar-refractivity contribution in [3.05, 3.63) is 0 Å². The van der Waals surface area contributed by atoms with E-state index in [1.807, 2.05) is 13.2 Å². The van der Waals surface area contributed by atoms with E-state index in [1.165, 1.54) is 0 Å². The molecule has 102 valence electrons. The van der Waals surface area contributed by atoms with E-state index < -0.39 is 5.41 Å². The molecule has 0 aromatic heterocycles. The van der Waals surface area contributed by atoms with Crippen molar-refractivity contribution in [3.8, 4) is 0 Å². The van der Waals surface area contributed by atoms with Crippen molar-refractivity contribution in [2.75, 3.05) is 12.0 Å². The number of thioether (sulfide) groups is 1. The molecular formula is C12H20N2NaO2S2+. The van der Waals surface area contributed by atoms with Crippen molar-refractivity contribution >= 4 is 40.9 Å². The summed E-state index contributed by atoms with van der Waals surface area (Å²) in [5.41, 5.74) is -0.971. The second-order valence-electron chi connectivity index (χ2n) is 4.64. The molecule has 1 saturated heterocycles. The Morgan fingerprint density at radius 2 is 1.84 bits per heavy atom. The Hall–Kier alpha value is 0.380. The number of carbonyl (C=O) groups is 2. The molecule has 0 saturated carbocycles. The van der Waals surface area contributed by atoms with Gasteiger partial charge in [-0.15, -0.1) is 0 Å². The minimum atomic E-state index is -0.971. The summed E-state index contributed by atoms with van der Waals surface area (Å²) < 4.78 is 0. The van der Waals surface area contributed by atoms with Gasteiger partial charge in [0.2, 0.25) is 11.8 Å². The van der Waals surface area contributed by atoms with E-state index in [0.29, 0.717) is 6.42 Å². The average molecular weight is 311 g/mol. The first-order valence-electron chi connectivity index (χ1n) is 6.14. The summed E-state index contributed by atoms with van der Waals surface area (Å²) in [5.74, 6) is 0.303. The van der Waals surface area contributed by atoms with Gasteiger partial charge in [-0.05, 0) is 43.0 Å². The van der Waals surface area contributed by atoms with Crippen LogP contribution in [0.15, 0.2) is 0 Å². The Labute approximate surface area is 146 Å². The van der Waals surface area contributed by atoms with Crippen molar-refractivity contribution in [1.29, 1.82) is 0 Å². The Bertz CT molecular complexity index is 344. The monoisotopic (exact) mass is 311 g/mol. The molecule has 2 N–H and O–H groups in total. The Kier molecular flexibility index (Phi) is 8.79. The number of hydrogen-bond acceptors (Lipinski definition) is 4. The summed E-state index contributed by atoms with van der Waals surface area (Å²) in [4.78, 5) is 24.6. The minimum absolute atomic E-state index is 0. The van der Waals surface area contributed by atoms with Crippen LogP contribution in [0.4, 0.5) is 0 Å². The molecule has 2 amide bonds. The topological polar surface area (TPSA) is 58.2 Å². The standard InChI is InChI=1S/C12H20N2O2S2.Na/c1-4-5-8(2)12(6-7-18-3)9(15)13-11(17)14-10(12)16;/h8H,4-7H2,1-3H3,(H2,13,14,15,16,17);/q;+1. The van der Waals surface area contributed by atoms with Crippen LogP contribution in [-0.2, 0) is 9.59 Å². The molecule has 19 heavy (non-hydrogen) atoms. The molecule has 1 unspecified atom stereocenters. The van der Waals surface area contributed by atoms with Gasteiger partial charge in [-0.2, -0.15) is 11.8 Å². The zero-order valence-corrected chi connectivity index (χ0v) is 15.7. The van der Waals surface area contributed by atoms with Gasteiger partial charge in [-0.1, -0.05) is 20.3 Å². The van der Waals surface area contributed by atoms with Crippen LogP contribution in [0, 0.1) is 11.3 Å². The van der Waals surface area contributed by atoms with Crippen molar-refractivity contribution in [3.63, 3.8) is 0 Å². The zero-order chi connectivity index (χ0) is 13.8. The van der Waals surface area contributed by atoms with E-state index in [-0.39, 0.29) is 52.4 Å². The number of rotatable bonds is 6. The molecule has 0 aliphatic carbocycles. The Morgan fingerprint density at radius 3 is 2.26 bits per heavy atom. The fourth-order valence-electron chi connectivity index (χ4n) is 2.43. The number of thiocarbonyl (C=S) groups is 1. The number of nitrogens with one attached hydrogen (secondary N) is 2. The maximum Gasteiger partial charge on any atom is 1.00 e. The normalized spacial score (nSPS) is 19.2. The number of amides is 2. The van der Waals surface area contributed by atoms with Crippen LogP contribution in [0.1, 0.15) is 33.1 Å². The SMILES string of the molecule is CCCC(C)C1(CCSC)C(=O)NC(=S)NC1=O.[Na+]. The third-order valence-electron chi connectivity index (χ3n) is 3.53. The predicted molar refractivity (Wildman–Crippen MR) is 78.4 cm³/mol. The van der Waals surface area contributed by atoms with E-state index >= 15 is 0 Å². The van der Waals surface area contributed by atoms with E-state index in [2.05, 4.69) is 17.6 Å². The van der Waals surface area contributed by atoms with Crippen LogP contribution in [0.2, 0.25) is 0 Å². The summed E-state index contributed by atoms with van der Waals surface area (Å²) >= 11 is 6.50. The Morgan fingerprint density at radius 1 is 1.32 bits per heavy atom. The van der Waals surface area contributed by atoms with Crippen molar-refractivity contribution in [2.24, 2.45) is 11.3 Å².